The van der Waals surface area contributed by atoms with Crippen LogP contribution in [0.4, 0.5) is 0 Å². The van der Waals surface area contributed by atoms with Crippen LogP contribution in [0.2, 0.25) is 0 Å². The van der Waals surface area contributed by atoms with E-state index in [2.05, 4.69) is 9.97 Å². The summed E-state index contributed by atoms with van der Waals surface area (Å²) in [4.78, 5) is 21.2. The average molecular weight is 313 g/mol. The average Bonchev–Trinajstić information content (AvgIpc) is 2.63. The van der Waals surface area contributed by atoms with Crippen LogP contribution in [0.5, 0.6) is 0 Å². The third-order valence-corrected chi connectivity index (χ3v) is 4.07. The van der Waals surface area contributed by atoms with E-state index in [-0.39, 0.29) is 5.56 Å². The highest BCUT2D eigenvalue weighted by molar-refractivity contribution is 5.83. The minimum atomic E-state index is -0.104. The van der Waals surface area contributed by atoms with Gasteiger partial charge in [0.15, 0.2) is 0 Å². The summed E-state index contributed by atoms with van der Waals surface area (Å²) in [5.74, 6) is 0. The Morgan fingerprint density at radius 1 is 0.958 bits per heavy atom. The fourth-order valence-corrected chi connectivity index (χ4v) is 2.78. The molecule has 0 fully saturated rings. The van der Waals surface area contributed by atoms with Crippen molar-refractivity contribution in [2.24, 2.45) is 7.05 Å². The molecule has 2 aromatic carbocycles. The molecule has 24 heavy (non-hydrogen) atoms. The van der Waals surface area contributed by atoms with Gasteiger partial charge in [-0.25, -0.2) is 4.98 Å². The summed E-state index contributed by atoms with van der Waals surface area (Å²) in [5.41, 5.74) is 3.93. The molecule has 4 rings (SSSR count). The summed E-state index contributed by atoms with van der Waals surface area (Å²) >= 11 is 0. The van der Waals surface area contributed by atoms with Gasteiger partial charge in [0.25, 0.3) is 5.56 Å². The highest BCUT2D eigenvalue weighted by atomic mass is 16.1. The SMILES string of the molecule is Cn1c(=O)c(C=Cc2ccc3ncccc3c2)nc2ccccc21. The van der Waals surface area contributed by atoms with Crippen molar-refractivity contribution >= 4 is 34.1 Å². The quantitative estimate of drug-likeness (QED) is 0.567. The van der Waals surface area contributed by atoms with Gasteiger partial charge in [0.05, 0.1) is 16.6 Å². The summed E-state index contributed by atoms with van der Waals surface area (Å²) in [6.45, 7) is 0. The van der Waals surface area contributed by atoms with Crippen LogP contribution in [0, 0.1) is 0 Å². The van der Waals surface area contributed by atoms with Gasteiger partial charge in [0, 0.05) is 18.6 Å². The van der Waals surface area contributed by atoms with Gasteiger partial charge >= 0.3 is 0 Å². The Balaban J connectivity index is 1.78. The number of para-hydroxylation sites is 2. The van der Waals surface area contributed by atoms with E-state index >= 15 is 0 Å². The maximum absolute atomic E-state index is 12.5. The number of hydrogen-bond acceptors (Lipinski definition) is 3. The first-order valence-electron chi connectivity index (χ1n) is 7.71. The molecule has 0 aliphatic rings. The van der Waals surface area contributed by atoms with Crippen molar-refractivity contribution in [3.05, 3.63) is 82.4 Å². The first-order valence-corrected chi connectivity index (χ1v) is 7.71. The van der Waals surface area contributed by atoms with Crippen LogP contribution in [0.15, 0.2) is 65.6 Å². The Labute approximate surface area is 138 Å². The second-order valence-electron chi connectivity index (χ2n) is 5.64. The predicted molar refractivity (Wildman–Crippen MR) is 97.7 cm³/mol. The summed E-state index contributed by atoms with van der Waals surface area (Å²) < 4.78 is 1.63. The summed E-state index contributed by atoms with van der Waals surface area (Å²) in [5, 5.41) is 1.07. The fourth-order valence-electron chi connectivity index (χ4n) is 2.78. The highest BCUT2D eigenvalue weighted by Gasteiger charge is 2.05. The van der Waals surface area contributed by atoms with E-state index in [0.717, 1.165) is 27.5 Å². The highest BCUT2D eigenvalue weighted by Crippen LogP contribution is 2.15. The molecule has 0 spiro atoms. The van der Waals surface area contributed by atoms with E-state index in [9.17, 15) is 4.79 Å². The number of nitrogens with zero attached hydrogens (tertiary/aromatic N) is 3. The first kappa shape index (κ1) is 14.3. The molecule has 0 atom stereocenters. The number of fused-ring (bicyclic) bond motifs is 2. The van der Waals surface area contributed by atoms with Crippen LogP contribution in [0.25, 0.3) is 34.1 Å². The van der Waals surface area contributed by atoms with Crippen LogP contribution in [-0.2, 0) is 7.05 Å². The third kappa shape index (κ3) is 2.48. The molecule has 0 radical (unpaired) electrons. The molecule has 0 N–H and O–H groups in total. The monoisotopic (exact) mass is 313 g/mol. The second kappa shape index (κ2) is 5.74. The predicted octanol–water partition coefficient (Wildman–Crippen LogP) is 3.65. The largest absolute Gasteiger partial charge is 0.308 e. The van der Waals surface area contributed by atoms with Gasteiger partial charge in [-0.3, -0.25) is 9.78 Å². The molecule has 0 aliphatic carbocycles. The molecule has 0 bridgehead atoms. The number of aromatic nitrogens is 3. The molecule has 0 saturated carbocycles. The minimum Gasteiger partial charge on any atom is -0.308 e. The first-order chi connectivity index (χ1) is 11.7. The van der Waals surface area contributed by atoms with Crippen LogP contribution in [0.1, 0.15) is 11.3 Å². The van der Waals surface area contributed by atoms with Crippen molar-refractivity contribution in [2.75, 3.05) is 0 Å². The molecule has 0 amide bonds. The zero-order valence-corrected chi connectivity index (χ0v) is 13.2. The number of pyridine rings is 1. The molecule has 116 valence electrons. The standard InChI is InChI=1S/C20H15N3O/c1-23-19-7-3-2-6-17(19)22-18(20(23)24)11-9-14-8-10-16-15(13-14)5-4-12-21-16/h2-13H,1H3. The summed E-state index contributed by atoms with van der Waals surface area (Å²) in [6.07, 6.45) is 5.46. The number of rotatable bonds is 2. The molecular weight excluding hydrogens is 298 g/mol. The Hall–Kier alpha value is -3.27. The van der Waals surface area contributed by atoms with Crippen LogP contribution < -0.4 is 5.56 Å². The molecule has 0 saturated heterocycles. The van der Waals surface area contributed by atoms with Crippen molar-refractivity contribution in [1.82, 2.24) is 14.5 Å². The zero-order valence-electron chi connectivity index (χ0n) is 13.2. The van der Waals surface area contributed by atoms with Crippen molar-refractivity contribution in [3.8, 4) is 0 Å². The lowest BCUT2D eigenvalue weighted by atomic mass is 10.1. The Kier molecular flexibility index (Phi) is 3.43. The smallest absolute Gasteiger partial charge is 0.276 e. The van der Waals surface area contributed by atoms with Gasteiger partial charge < -0.3 is 4.57 Å². The maximum atomic E-state index is 12.5. The lowest BCUT2D eigenvalue weighted by Crippen LogP contribution is -2.21. The van der Waals surface area contributed by atoms with Crippen LogP contribution >= 0.6 is 0 Å². The van der Waals surface area contributed by atoms with Gasteiger partial charge in [-0.15, -0.1) is 0 Å². The van der Waals surface area contributed by atoms with Crippen molar-refractivity contribution in [3.63, 3.8) is 0 Å². The van der Waals surface area contributed by atoms with Gasteiger partial charge in [0.1, 0.15) is 5.69 Å². The number of benzene rings is 2. The molecule has 4 nitrogen and oxygen atoms in total. The van der Waals surface area contributed by atoms with E-state index < -0.39 is 0 Å². The van der Waals surface area contributed by atoms with Crippen LogP contribution in [-0.4, -0.2) is 14.5 Å². The second-order valence-corrected chi connectivity index (χ2v) is 5.64. The van der Waals surface area contributed by atoms with E-state index in [1.165, 1.54) is 0 Å². The molecule has 2 aromatic heterocycles. The van der Waals surface area contributed by atoms with E-state index in [1.54, 1.807) is 23.9 Å². The molecule has 0 unspecified atom stereocenters. The summed E-state index contributed by atoms with van der Waals surface area (Å²) in [7, 11) is 1.77. The number of hydrogen-bond donors (Lipinski definition) is 0. The molecule has 2 heterocycles. The van der Waals surface area contributed by atoms with E-state index in [4.69, 9.17) is 0 Å². The molecule has 0 aliphatic heterocycles. The van der Waals surface area contributed by atoms with Crippen molar-refractivity contribution < 1.29 is 0 Å². The molecule has 4 heteroatoms. The van der Waals surface area contributed by atoms with Crippen molar-refractivity contribution in [1.29, 1.82) is 0 Å². The van der Waals surface area contributed by atoms with Gasteiger partial charge in [-0.1, -0.05) is 30.3 Å². The van der Waals surface area contributed by atoms with E-state index in [1.807, 2.05) is 60.7 Å². The minimum absolute atomic E-state index is 0.104. The third-order valence-electron chi connectivity index (χ3n) is 4.07. The van der Waals surface area contributed by atoms with Crippen LogP contribution in [0.3, 0.4) is 0 Å². The van der Waals surface area contributed by atoms with Crippen molar-refractivity contribution in [2.45, 2.75) is 0 Å². The molecular formula is C20H15N3O. The molecule has 4 aromatic rings. The zero-order chi connectivity index (χ0) is 16.5. The topological polar surface area (TPSA) is 47.8 Å². The lowest BCUT2D eigenvalue weighted by Gasteiger charge is -2.05. The van der Waals surface area contributed by atoms with Gasteiger partial charge in [0.2, 0.25) is 0 Å². The maximum Gasteiger partial charge on any atom is 0.276 e. The lowest BCUT2D eigenvalue weighted by molar-refractivity contribution is 0.887. The Morgan fingerprint density at radius 2 is 1.83 bits per heavy atom. The van der Waals surface area contributed by atoms with E-state index in [0.29, 0.717) is 5.69 Å². The summed E-state index contributed by atoms with van der Waals surface area (Å²) in [6, 6.07) is 17.6. The normalized spacial score (nSPS) is 11.5. The number of aryl methyl sites for hydroxylation is 1. The fraction of sp³-hybridized carbons (Fsp3) is 0.0500. The Morgan fingerprint density at radius 3 is 2.75 bits per heavy atom. The van der Waals surface area contributed by atoms with Gasteiger partial charge in [-0.05, 0) is 42.0 Å². The Bertz CT molecular complexity index is 1140. The van der Waals surface area contributed by atoms with Gasteiger partial charge in [-0.2, -0.15) is 0 Å².